The van der Waals surface area contributed by atoms with Crippen LogP contribution in [0.1, 0.15) is 10.4 Å². The van der Waals surface area contributed by atoms with E-state index in [2.05, 4.69) is 10.6 Å². The molecule has 7 nitrogen and oxygen atoms in total. The molecule has 0 bridgehead atoms. The minimum absolute atomic E-state index is 0.0199. The number of rotatable bonds is 5. The lowest BCUT2D eigenvalue weighted by molar-refractivity contribution is -0.384. The molecule has 2 amide bonds. The number of hydrogen-bond donors (Lipinski definition) is 2. The molecule has 0 aromatic heterocycles. The van der Waals surface area contributed by atoms with Crippen LogP contribution in [-0.4, -0.2) is 23.3 Å². The van der Waals surface area contributed by atoms with Crippen molar-refractivity contribution in [2.45, 2.75) is 0 Å². The Morgan fingerprint density at radius 3 is 2.44 bits per heavy atom. The number of nitrogens with zero attached hydrogens (tertiary/aromatic N) is 1. The molecule has 2 aromatic carbocycles. The number of hydrogen-bond acceptors (Lipinski definition) is 4. The Kier molecular flexibility index (Phi) is 5.60. The second-order valence-corrected chi connectivity index (χ2v) is 5.19. The lowest BCUT2D eigenvalue weighted by Gasteiger charge is -2.08. The van der Waals surface area contributed by atoms with Crippen molar-refractivity contribution in [3.63, 3.8) is 0 Å². The molecule has 0 atom stereocenters. The van der Waals surface area contributed by atoms with E-state index in [1.807, 2.05) is 0 Å². The van der Waals surface area contributed by atoms with Crippen LogP contribution in [0.2, 0.25) is 5.02 Å². The number of benzene rings is 2. The Morgan fingerprint density at radius 2 is 1.84 bits per heavy atom. The maximum absolute atomic E-state index is 13.0. The number of non-ortho nitro benzene ring substituents is 1. The van der Waals surface area contributed by atoms with E-state index < -0.39 is 34.9 Å². The number of halogens is 3. The Balaban J connectivity index is 1.96. The molecule has 2 aromatic rings. The number of nitro groups is 1. The summed E-state index contributed by atoms with van der Waals surface area (Å²) in [6, 6.07) is 6.07. The molecule has 0 spiro atoms. The zero-order valence-corrected chi connectivity index (χ0v) is 13.1. The highest BCUT2D eigenvalue weighted by Gasteiger charge is 2.15. The molecule has 0 aliphatic rings. The monoisotopic (exact) mass is 369 g/mol. The summed E-state index contributed by atoms with van der Waals surface area (Å²) in [7, 11) is 0. The van der Waals surface area contributed by atoms with E-state index in [9.17, 15) is 28.5 Å². The first-order valence-electron chi connectivity index (χ1n) is 6.75. The number of amides is 2. The van der Waals surface area contributed by atoms with Gasteiger partial charge in [0.05, 0.1) is 22.1 Å². The van der Waals surface area contributed by atoms with Gasteiger partial charge in [0.1, 0.15) is 0 Å². The van der Waals surface area contributed by atoms with Gasteiger partial charge < -0.3 is 10.6 Å². The van der Waals surface area contributed by atoms with E-state index in [4.69, 9.17) is 11.6 Å². The molecule has 0 aliphatic heterocycles. The van der Waals surface area contributed by atoms with Crippen LogP contribution in [-0.2, 0) is 4.79 Å². The molecular formula is C15H10ClF2N3O4. The van der Waals surface area contributed by atoms with Crippen molar-refractivity contribution >= 4 is 34.8 Å². The smallest absolute Gasteiger partial charge is 0.270 e. The normalized spacial score (nSPS) is 10.2. The van der Waals surface area contributed by atoms with Crippen LogP contribution in [0.15, 0.2) is 36.4 Å². The SMILES string of the molecule is O=C(CNC(=O)c1ccc([N+](=O)[O-])cc1Cl)Nc1ccc(F)c(F)c1. The van der Waals surface area contributed by atoms with Gasteiger partial charge in [-0.2, -0.15) is 0 Å². The quantitative estimate of drug-likeness (QED) is 0.625. The van der Waals surface area contributed by atoms with Crippen LogP contribution in [0.3, 0.4) is 0 Å². The predicted molar refractivity (Wildman–Crippen MR) is 85.4 cm³/mol. The van der Waals surface area contributed by atoms with E-state index in [0.29, 0.717) is 0 Å². The van der Waals surface area contributed by atoms with Crippen LogP contribution in [0.25, 0.3) is 0 Å². The first-order chi connectivity index (χ1) is 11.8. The van der Waals surface area contributed by atoms with Crippen LogP contribution < -0.4 is 10.6 Å². The summed E-state index contributed by atoms with van der Waals surface area (Å²) in [5.41, 5.74) is -0.308. The van der Waals surface area contributed by atoms with E-state index in [0.717, 1.165) is 36.4 Å². The summed E-state index contributed by atoms with van der Waals surface area (Å²) >= 11 is 5.80. The summed E-state index contributed by atoms with van der Waals surface area (Å²) in [5.74, 6) is -3.59. The van der Waals surface area contributed by atoms with Crippen LogP contribution in [0, 0.1) is 21.7 Å². The van der Waals surface area contributed by atoms with Crippen molar-refractivity contribution in [2.24, 2.45) is 0 Å². The number of nitro benzene ring substituents is 1. The van der Waals surface area contributed by atoms with Crippen molar-refractivity contribution < 1.29 is 23.3 Å². The van der Waals surface area contributed by atoms with Gasteiger partial charge in [-0.3, -0.25) is 19.7 Å². The standard InChI is InChI=1S/C15H10ClF2N3O4/c16-11-6-9(21(24)25)2-3-10(11)15(23)19-7-14(22)20-8-1-4-12(17)13(18)5-8/h1-6H,7H2,(H,19,23)(H,20,22). The van der Waals surface area contributed by atoms with Gasteiger partial charge in [0.25, 0.3) is 11.6 Å². The summed E-state index contributed by atoms with van der Waals surface area (Å²) in [6.45, 7) is -0.467. The van der Waals surface area contributed by atoms with Crippen LogP contribution in [0.5, 0.6) is 0 Å². The number of anilines is 1. The van der Waals surface area contributed by atoms with E-state index in [-0.39, 0.29) is 22.0 Å². The summed E-state index contributed by atoms with van der Waals surface area (Å²) in [6.07, 6.45) is 0. The fourth-order valence-corrected chi connectivity index (χ4v) is 2.10. The lowest BCUT2D eigenvalue weighted by Crippen LogP contribution is -2.33. The average Bonchev–Trinajstić information content (AvgIpc) is 2.56. The number of nitrogens with one attached hydrogen (secondary N) is 2. The van der Waals surface area contributed by atoms with Gasteiger partial charge in [0.2, 0.25) is 5.91 Å². The van der Waals surface area contributed by atoms with Gasteiger partial charge in [0, 0.05) is 23.9 Å². The molecule has 0 unspecified atom stereocenters. The minimum atomic E-state index is -1.13. The third-order valence-corrected chi connectivity index (χ3v) is 3.33. The van der Waals surface area contributed by atoms with E-state index in [1.165, 1.54) is 0 Å². The van der Waals surface area contributed by atoms with Gasteiger partial charge in [-0.05, 0) is 18.2 Å². The molecule has 0 heterocycles. The van der Waals surface area contributed by atoms with Crippen molar-refractivity contribution in [1.29, 1.82) is 0 Å². The first-order valence-corrected chi connectivity index (χ1v) is 7.13. The van der Waals surface area contributed by atoms with Gasteiger partial charge in [-0.15, -0.1) is 0 Å². The molecule has 0 saturated heterocycles. The maximum Gasteiger partial charge on any atom is 0.270 e. The van der Waals surface area contributed by atoms with Crippen LogP contribution >= 0.6 is 11.6 Å². The molecule has 25 heavy (non-hydrogen) atoms. The molecule has 10 heteroatoms. The lowest BCUT2D eigenvalue weighted by atomic mass is 10.2. The molecule has 0 radical (unpaired) electrons. The molecule has 0 fully saturated rings. The third kappa shape index (κ3) is 4.70. The molecule has 0 saturated carbocycles. The van der Waals surface area contributed by atoms with Crippen molar-refractivity contribution in [1.82, 2.24) is 5.32 Å². The highest BCUT2D eigenvalue weighted by Crippen LogP contribution is 2.22. The summed E-state index contributed by atoms with van der Waals surface area (Å²) < 4.78 is 25.8. The molecule has 0 aliphatic carbocycles. The fourth-order valence-electron chi connectivity index (χ4n) is 1.84. The molecular weight excluding hydrogens is 360 g/mol. The van der Waals surface area contributed by atoms with Gasteiger partial charge in [0.15, 0.2) is 11.6 Å². The molecule has 130 valence electrons. The predicted octanol–water partition coefficient (Wildman–Crippen LogP) is 2.89. The zero-order valence-electron chi connectivity index (χ0n) is 12.4. The highest BCUT2D eigenvalue weighted by atomic mass is 35.5. The Bertz CT molecular complexity index is 861. The van der Waals surface area contributed by atoms with Crippen LogP contribution in [0.4, 0.5) is 20.2 Å². The summed E-state index contributed by atoms with van der Waals surface area (Å²) in [4.78, 5) is 33.6. The fraction of sp³-hybridized carbons (Fsp3) is 0.0667. The highest BCUT2D eigenvalue weighted by molar-refractivity contribution is 6.34. The Hall–Kier alpha value is -3.07. The topological polar surface area (TPSA) is 101 Å². The maximum atomic E-state index is 13.0. The Labute approximate surface area is 144 Å². The second-order valence-electron chi connectivity index (χ2n) is 4.78. The zero-order chi connectivity index (χ0) is 18.6. The average molecular weight is 370 g/mol. The van der Waals surface area contributed by atoms with Crippen molar-refractivity contribution in [3.05, 3.63) is 68.7 Å². The van der Waals surface area contributed by atoms with Crippen molar-refractivity contribution in [3.8, 4) is 0 Å². The second kappa shape index (κ2) is 7.67. The van der Waals surface area contributed by atoms with Gasteiger partial charge in [-0.1, -0.05) is 11.6 Å². The molecule has 2 rings (SSSR count). The Morgan fingerprint density at radius 1 is 1.12 bits per heavy atom. The molecule has 2 N–H and O–H groups in total. The number of carbonyl (C=O) groups is 2. The van der Waals surface area contributed by atoms with Crippen molar-refractivity contribution in [2.75, 3.05) is 11.9 Å². The van der Waals surface area contributed by atoms with E-state index in [1.54, 1.807) is 0 Å². The minimum Gasteiger partial charge on any atom is -0.343 e. The van der Waals surface area contributed by atoms with Gasteiger partial charge in [-0.25, -0.2) is 8.78 Å². The van der Waals surface area contributed by atoms with Gasteiger partial charge >= 0.3 is 0 Å². The summed E-state index contributed by atoms with van der Waals surface area (Å²) in [5, 5.41) is 15.0. The third-order valence-electron chi connectivity index (χ3n) is 3.02. The van der Waals surface area contributed by atoms with E-state index >= 15 is 0 Å². The largest absolute Gasteiger partial charge is 0.343 e. The number of carbonyl (C=O) groups excluding carboxylic acids is 2. The first kappa shape index (κ1) is 18.3.